The first-order chi connectivity index (χ1) is 12.4. The topological polar surface area (TPSA) is 97.4 Å². The van der Waals surface area contributed by atoms with Crippen LogP contribution in [0.3, 0.4) is 0 Å². The normalized spacial score (nSPS) is 10.1. The summed E-state index contributed by atoms with van der Waals surface area (Å²) in [7, 11) is 0. The van der Waals surface area contributed by atoms with Gasteiger partial charge in [0.05, 0.1) is 12.1 Å². The van der Waals surface area contributed by atoms with Crippen molar-refractivity contribution in [2.45, 2.75) is 20.8 Å². The standard InChI is InChI=1S/C19H21N3O4/c1-12-8-13(2)18(14(3)9-12)22-16(23)10-21-17(24)11-26-19(25)15-4-6-20-7-5-15/h4-9H,10-11H2,1-3H3,(H,21,24)(H,22,23). The number of hydrogen-bond donors (Lipinski definition) is 2. The van der Waals surface area contributed by atoms with Crippen molar-refractivity contribution < 1.29 is 19.1 Å². The number of aromatic nitrogens is 1. The van der Waals surface area contributed by atoms with E-state index in [4.69, 9.17) is 4.74 Å². The Morgan fingerprint density at radius 2 is 1.62 bits per heavy atom. The molecule has 0 aliphatic rings. The molecule has 0 aliphatic heterocycles. The zero-order valence-corrected chi connectivity index (χ0v) is 15.0. The zero-order valence-electron chi connectivity index (χ0n) is 15.0. The lowest BCUT2D eigenvalue weighted by Gasteiger charge is -2.13. The molecule has 1 heterocycles. The summed E-state index contributed by atoms with van der Waals surface area (Å²) in [6.45, 7) is 5.13. The van der Waals surface area contributed by atoms with Crippen LogP contribution in [-0.2, 0) is 14.3 Å². The van der Waals surface area contributed by atoms with Crippen LogP contribution < -0.4 is 10.6 Å². The second-order valence-electron chi connectivity index (χ2n) is 5.91. The predicted octanol–water partition coefficient (Wildman–Crippen LogP) is 1.92. The van der Waals surface area contributed by atoms with Gasteiger partial charge in [0.2, 0.25) is 5.91 Å². The minimum absolute atomic E-state index is 0.210. The molecule has 0 atom stereocenters. The first-order valence-electron chi connectivity index (χ1n) is 8.08. The van der Waals surface area contributed by atoms with Crippen LogP contribution in [0.4, 0.5) is 5.69 Å². The lowest BCUT2D eigenvalue weighted by molar-refractivity contribution is -0.126. The summed E-state index contributed by atoms with van der Waals surface area (Å²) >= 11 is 0. The van der Waals surface area contributed by atoms with Crippen molar-refractivity contribution in [1.82, 2.24) is 10.3 Å². The quantitative estimate of drug-likeness (QED) is 0.772. The third kappa shape index (κ3) is 5.41. The highest BCUT2D eigenvalue weighted by Gasteiger charge is 2.12. The highest BCUT2D eigenvalue weighted by atomic mass is 16.5. The second-order valence-corrected chi connectivity index (χ2v) is 5.91. The number of pyridine rings is 1. The summed E-state index contributed by atoms with van der Waals surface area (Å²) in [5.74, 6) is -1.54. The number of carbonyl (C=O) groups excluding carboxylic acids is 3. The van der Waals surface area contributed by atoms with Crippen LogP contribution in [0.15, 0.2) is 36.7 Å². The van der Waals surface area contributed by atoms with Gasteiger partial charge < -0.3 is 15.4 Å². The van der Waals surface area contributed by atoms with E-state index in [9.17, 15) is 14.4 Å². The molecular formula is C19H21N3O4. The van der Waals surface area contributed by atoms with Gasteiger partial charge in [-0.3, -0.25) is 14.6 Å². The molecule has 2 N–H and O–H groups in total. The number of ether oxygens (including phenoxy) is 1. The molecule has 1 aromatic heterocycles. The van der Waals surface area contributed by atoms with Gasteiger partial charge in [0.1, 0.15) is 0 Å². The number of anilines is 1. The molecule has 26 heavy (non-hydrogen) atoms. The number of hydrogen-bond acceptors (Lipinski definition) is 5. The average Bonchev–Trinajstić information content (AvgIpc) is 2.61. The number of carbonyl (C=O) groups is 3. The van der Waals surface area contributed by atoms with Crippen molar-refractivity contribution in [2.24, 2.45) is 0 Å². The maximum Gasteiger partial charge on any atom is 0.338 e. The Kier molecular flexibility index (Phi) is 6.43. The van der Waals surface area contributed by atoms with Crippen molar-refractivity contribution >= 4 is 23.5 Å². The van der Waals surface area contributed by atoms with Gasteiger partial charge in [0.25, 0.3) is 5.91 Å². The van der Waals surface area contributed by atoms with E-state index in [2.05, 4.69) is 15.6 Å². The first kappa shape index (κ1) is 19.1. The number of esters is 1. The first-order valence-corrected chi connectivity index (χ1v) is 8.08. The third-order valence-electron chi connectivity index (χ3n) is 3.64. The van der Waals surface area contributed by atoms with Gasteiger partial charge in [0.15, 0.2) is 6.61 Å². The molecule has 7 heteroatoms. The van der Waals surface area contributed by atoms with Crippen molar-refractivity contribution in [1.29, 1.82) is 0 Å². The Morgan fingerprint density at radius 1 is 1.00 bits per heavy atom. The maximum absolute atomic E-state index is 12.0. The molecule has 0 saturated heterocycles. The number of nitrogens with zero attached hydrogens (tertiary/aromatic N) is 1. The Hall–Kier alpha value is -3.22. The lowest BCUT2D eigenvalue weighted by Crippen LogP contribution is -2.35. The highest BCUT2D eigenvalue weighted by molar-refractivity contribution is 5.96. The van der Waals surface area contributed by atoms with E-state index in [0.29, 0.717) is 5.56 Å². The molecular weight excluding hydrogens is 334 g/mol. The fraction of sp³-hybridized carbons (Fsp3) is 0.263. The fourth-order valence-electron chi connectivity index (χ4n) is 2.49. The van der Waals surface area contributed by atoms with Gasteiger partial charge in [0, 0.05) is 18.1 Å². The number of amides is 2. The molecule has 0 saturated carbocycles. The third-order valence-corrected chi connectivity index (χ3v) is 3.64. The largest absolute Gasteiger partial charge is 0.452 e. The number of rotatable bonds is 6. The smallest absolute Gasteiger partial charge is 0.338 e. The van der Waals surface area contributed by atoms with Crippen LogP contribution in [0.5, 0.6) is 0 Å². The van der Waals surface area contributed by atoms with Crippen molar-refractivity contribution in [3.63, 3.8) is 0 Å². The summed E-state index contributed by atoms with van der Waals surface area (Å²) in [6.07, 6.45) is 2.91. The molecule has 0 fully saturated rings. The molecule has 0 bridgehead atoms. The van der Waals surface area contributed by atoms with E-state index >= 15 is 0 Å². The van der Waals surface area contributed by atoms with Crippen molar-refractivity contribution in [3.8, 4) is 0 Å². The average molecular weight is 355 g/mol. The fourth-order valence-corrected chi connectivity index (χ4v) is 2.49. The van der Waals surface area contributed by atoms with Gasteiger partial charge in [-0.25, -0.2) is 4.79 Å². The van der Waals surface area contributed by atoms with Crippen LogP contribution in [-0.4, -0.2) is 35.9 Å². The van der Waals surface area contributed by atoms with Gasteiger partial charge in [-0.1, -0.05) is 17.7 Å². The lowest BCUT2D eigenvalue weighted by atomic mass is 10.1. The highest BCUT2D eigenvalue weighted by Crippen LogP contribution is 2.21. The van der Waals surface area contributed by atoms with E-state index < -0.39 is 18.5 Å². The Balaban J connectivity index is 1.79. The number of nitrogens with one attached hydrogen (secondary N) is 2. The van der Waals surface area contributed by atoms with Crippen LogP contribution in [0, 0.1) is 20.8 Å². The van der Waals surface area contributed by atoms with E-state index in [1.165, 1.54) is 24.5 Å². The summed E-state index contributed by atoms with van der Waals surface area (Å²) in [5.41, 5.74) is 4.05. The van der Waals surface area contributed by atoms with E-state index in [0.717, 1.165) is 22.4 Å². The Bertz CT molecular complexity index is 796. The Labute approximate surface area is 151 Å². The van der Waals surface area contributed by atoms with Crippen LogP contribution in [0.25, 0.3) is 0 Å². The second kappa shape index (κ2) is 8.75. The van der Waals surface area contributed by atoms with Gasteiger partial charge >= 0.3 is 5.97 Å². The van der Waals surface area contributed by atoms with Crippen molar-refractivity contribution in [3.05, 3.63) is 58.9 Å². The molecule has 1 aromatic carbocycles. The molecule has 2 amide bonds. The summed E-state index contributed by atoms with van der Waals surface area (Å²) in [5, 5.41) is 5.20. The predicted molar refractivity (Wildman–Crippen MR) is 96.8 cm³/mol. The van der Waals surface area contributed by atoms with Crippen LogP contribution >= 0.6 is 0 Å². The number of benzene rings is 1. The molecule has 0 unspecified atom stereocenters. The van der Waals surface area contributed by atoms with Gasteiger partial charge in [-0.15, -0.1) is 0 Å². The minimum atomic E-state index is -0.627. The number of aryl methyl sites for hydroxylation is 3. The van der Waals surface area contributed by atoms with E-state index in [1.54, 1.807) is 0 Å². The zero-order chi connectivity index (χ0) is 19.1. The van der Waals surface area contributed by atoms with Crippen LogP contribution in [0.2, 0.25) is 0 Å². The molecule has 2 rings (SSSR count). The molecule has 7 nitrogen and oxygen atoms in total. The molecule has 136 valence electrons. The van der Waals surface area contributed by atoms with Crippen LogP contribution in [0.1, 0.15) is 27.0 Å². The monoisotopic (exact) mass is 355 g/mol. The Morgan fingerprint density at radius 3 is 2.23 bits per heavy atom. The summed E-state index contributed by atoms with van der Waals surface area (Å²) < 4.78 is 4.88. The summed E-state index contributed by atoms with van der Waals surface area (Å²) in [6, 6.07) is 6.92. The van der Waals surface area contributed by atoms with Gasteiger partial charge in [-0.05, 0) is 44.0 Å². The van der Waals surface area contributed by atoms with Gasteiger partial charge in [-0.2, -0.15) is 0 Å². The molecule has 0 aliphatic carbocycles. The van der Waals surface area contributed by atoms with E-state index in [1.807, 2.05) is 32.9 Å². The SMILES string of the molecule is Cc1cc(C)c(NC(=O)CNC(=O)COC(=O)c2ccncc2)c(C)c1. The maximum atomic E-state index is 12.0. The molecule has 2 aromatic rings. The van der Waals surface area contributed by atoms with Crippen molar-refractivity contribution in [2.75, 3.05) is 18.5 Å². The molecule has 0 spiro atoms. The molecule has 0 radical (unpaired) electrons. The van der Waals surface area contributed by atoms with E-state index in [-0.39, 0.29) is 12.5 Å². The minimum Gasteiger partial charge on any atom is -0.452 e. The summed E-state index contributed by atoms with van der Waals surface area (Å²) in [4.78, 5) is 39.3.